The fraction of sp³-hybridized carbons (Fsp3) is 0.829. The van der Waals surface area contributed by atoms with Crippen molar-refractivity contribution in [3.63, 3.8) is 0 Å². The number of amides is 4. The maximum absolute atomic E-state index is 14.1. The minimum atomic E-state index is -0.721. The lowest BCUT2D eigenvalue weighted by atomic mass is 9.84. The number of likely N-dealkylation sites (N-methyl/N-ethyl adjacent to an activating group) is 1. The lowest BCUT2D eigenvalue weighted by molar-refractivity contribution is -0.142. The van der Waals surface area contributed by atoms with Gasteiger partial charge in [0.2, 0.25) is 23.6 Å². The van der Waals surface area contributed by atoms with Crippen LogP contribution in [0.1, 0.15) is 115 Å². The topological polar surface area (TPSA) is 102 Å². The zero-order valence-corrected chi connectivity index (χ0v) is 29.9. The van der Waals surface area contributed by atoms with Gasteiger partial charge in [0.25, 0.3) is 0 Å². The molecule has 0 saturated carbocycles. The van der Waals surface area contributed by atoms with Crippen LogP contribution in [0.25, 0.3) is 0 Å². The minimum absolute atomic E-state index is 0.0212. The first-order valence-electron chi connectivity index (χ1n) is 16.9. The van der Waals surface area contributed by atoms with Gasteiger partial charge >= 0.3 is 0 Å². The maximum atomic E-state index is 14.1. The molecule has 2 rings (SSSR count). The van der Waals surface area contributed by atoms with Gasteiger partial charge in [0.15, 0.2) is 0 Å². The second-order valence-electron chi connectivity index (χ2n) is 15.9. The molecule has 0 aromatic rings. The number of carbonyl (C=O) groups is 4. The smallest absolute Gasteiger partial charge is 0.249 e. The third-order valence-corrected chi connectivity index (χ3v) is 9.14. The summed E-state index contributed by atoms with van der Waals surface area (Å²) < 4.78 is 0. The highest BCUT2D eigenvalue weighted by Crippen LogP contribution is 2.27. The molecule has 0 aromatic carbocycles. The van der Waals surface area contributed by atoms with Gasteiger partial charge in [-0.3, -0.25) is 24.1 Å². The molecular weight excluding hydrogens is 554 g/mol. The lowest BCUT2D eigenvalue weighted by Gasteiger charge is -2.41. The molecule has 2 aliphatic heterocycles. The Morgan fingerprint density at radius 3 is 2.05 bits per heavy atom. The Hall–Kier alpha value is -2.42. The van der Waals surface area contributed by atoms with Crippen molar-refractivity contribution < 1.29 is 19.2 Å². The van der Waals surface area contributed by atoms with E-state index in [2.05, 4.69) is 50.2 Å². The molecular formula is C35H63N5O4. The van der Waals surface area contributed by atoms with Crippen LogP contribution in [0.4, 0.5) is 0 Å². The third-order valence-electron chi connectivity index (χ3n) is 9.14. The number of hydrogen-bond donors (Lipinski definition) is 2. The number of nitrogens with one attached hydrogen (secondary N) is 2. The molecule has 0 aliphatic carbocycles. The summed E-state index contributed by atoms with van der Waals surface area (Å²) in [7, 11) is 1.76. The van der Waals surface area contributed by atoms with E-state index in [9.17, 15) is 19.2 Å². The molecule has 2 fully saturated rings. The van der Waals surface area contributed by atoms with Crippen molar-refractivity contribution >= 4 is 23.6 Å². The Kier molecular flexibility index (Phi) is 13.5. The Morgan fingerprint density at radius 2 is 1.50 bits per heavy atom. The van der Waals surface area contributed by atoms with E-state index in [1.807, 2.05) is 40.7 Å². The van der Waals surface area contributed by atoms with Crippen LogP contribution in [0.5, 0.6) is 0 Å². The van der Waals surface area contributed by atoms with Crippen molar-refractivity contribution in [2.24, 2.45) is 16.7 Å². The Balaban J connectivity index is 2.22. The van der Waals surface area contributed by atoms with E-state index in [0.29, 0.717) is 25.1 Å². The summed E-state index contributed by atoms with van der Waals surface area (Å²) in [6, 6.07) is -1.56. The molecule has 252 valence electrons. The van der Waals surface area contributed by atoms with E-state index in [-0.39, 0.29) is 53.1 Å². The summed E-state index contributed by atoms with van der Waals surface area (Å²) in [5, 5.41) is 6.17. The fourth-order valence-electron chi connectivity index (χ4n) is 6.36. The molecule has 4 atom stereocenters. The highest BCUT2D eigenvalue weighted by atomic mass is 16.2. The Labute approximate surface area is 267 Å². The van der Waals surface area contributed by atoms with Crippen LogP contribution >= 0.6 is 0 Å². The van der Waals surface area contributed by atoms with Crippen molar-refractivity contribution in [1.29, 1.82) is 0 Å². The molecule has 44 heavy (non-hydrogen) atoms. The van der Waals surface area contributed by atoms with Gasteiger partial charge in [-0.05, 0) is 76.2 Å². The summed E-state index contributed by atoms with van der Waals surface area (Å²) in [5.74, 6) is -0.517. The van der Waals surface area contributed by atoms with E-state index < -0.39 is 17.5 Å². The first kappa shape index (κ1) is 37.8. The molecule has 9 nitrogen and oxygen atoms in total. The van der Waals surface area contributed by atoms with Gasteiger partial charge in [-0.15, -0.1) is 0 Å². The molecule has 0 aromatic heterocycles. The minimum Gasteiger partial charge on any atom is -0.354 e. The van der Waals surface area contributed by atoms with Crippen LogP contribution in [0.3, 0.4) is 0 Å². The second kappa shape index (κ2) is 15.7. The number of rotatable bonds is 11. The van der Waals surface area contributed by atoms with Crippen molar-refractivity contribution in [3.05, 3.63) is 11.6 Å². The molecule has 0 spiro atoms. The molecule has 0 bridgehead atoms. The van der Waals surface area contributed by atoms with Gasteiger partial charge in [0.05, 0.1) is 12.1 Å². The van der Waals surface area contributed by atoms with Crippen LogP contribution in [0.15, 0.2) is 11.6 Å². The van der Waals surface area contributed by atoms with Gasteiger partial charge in [0.1, 0.15) is 12.1 Å². The summed E-state index contributed by atoms with van der Waals surface area (Å²) in [4.78, 5) is 60.0. The summed E-state index contributed by atoms with van der Waals surface area (Å²) in [5.41, 5.74) is 0.118. The molecule has 2 N–H and O–H groups in total. The fourth-order valence-corrected chi connectivity index (χ4v) is 6.36. The van der Waals surface area contributed by atoms with Crippen LogP contribution in [0, 0.1) is 16.7 Å². The van der Waals surface area contributed by atoms with Gasteiger partial charge in [-0.25, -0.2) is 0 Å². The van der Waals surface area contributed by atoms with Gasteiger partial charge in [0, 0.05) is 31.8 Å². The molecule has 4 amide bonds. The second-order valence-corrected chi connectivity index (χ2v) is 15.9. The Bertz CT molecular complexity index is 1040. The van der Waals surface area contributed by atoms with E-state index in [1.54, 1.807) is 23.8 Å². The largest absolute Gasteiger partial charge is 0.354 e. The molecule has 2 saturated heterocycles. The number of likely N-dealkylation sites (tertiary alicyclic amines) is 2. The first-order chi connectivity index (χ1) is 20.3. The van der Waals surface area contributed by atoms with Crippen LogP contribution in [-0.2, 0) is 19.2 Å². The predicted molar refractivity (Wildman–Crippen MR) is 178 cm³/mol. The molecule has 2 heterocycles. The van der Waals surface area contributed by atoms with Crippen molar-refractivity contribution in [3.8, 4) is 0 Å². The summed E-state index contributed by atoms with van der Waals surface area (Å²) in [6.45, 7) is 24.4. The van der Waals surface area contributed by atoms with Crippen molar-refractivity contribution in [1.82, 2.24) is 25.3 Å². The van der Waals surface area contributed by atoms with Gasteiger partial charge < -0.3 is 20.4 Å². The Morgan fingerprint density at radius 1 is 0.886 bits per heavy atom. The number of hydrogen-bond acceptors (Lipinski definition) is 5. The normalized spacial score (nSPS) is 21.8. The van der Waals surface area contributed by atoms with E-state index in [1.165, 1.54) is 0 Å². The highest BCUT2D eigenvalue weighted by molar-refractivity contribution is 5.97. The standard InChI is InChI=1S/C35H63N5O4/c1-23(2)28(22-25(5)32(43)40-21-15-17-26(40)30(41)36-19-18-34(6,7)8)38(12)33(44)29(35(9,10)11)37-31(42)27-16-13-14-20-39(27)24(3)4/h22-24,26-29H,13-21H2,1-12H3,(H,36,41)(H,37,42)/b25-22+/t26-,27?,28+,29?/m0/s1. The van der Waals surface area contributed by atoms with E-state index in [4.69, 9.17) is 0 Å². The zero-order chi connectivity index (χ0) is 33.6. The SMILES string of the molecule is C/C(=C\[C@H](C(C)C)N(C)C(=O)C(NC(=O)C1CCCCN1C(C)C)C(C)(C)C)C(=O)N1CCC[C@H]1C(=O)NCCC(C)(C)C. The average Bonchev–Trinajstić information content (AvgIpc) is 3.41. The number of piperidine rings is 1. The third kappa shape index (κ3) is 10.3. The summed E-state index contributed by atoms with van der Waals surface area (Å²) >= 11 is 0. The maximum Gasteiger partial charge on any atom is 0.249 e. The highest BCUT2D eigenvalue weighted by Gasteiger charge is 2.40. The molecule has 9 heteroatoms. The van der Waals surface area contributed by atoms with Crippen LogP contribution in [0.2, 0.25) is 0 Å². The zero-order valence-electron chi connectivity index (χ0n) is 29.9. The van der Waals surface area contributed by atoms with Crippen molar-refractivity contribution in [2.45, 2.75) is 145 Å². The van der Waals surface area contributed by atoms with Crippen molar-refractivity contribution in [2.75, 3.05) is 26.7 Å². The summed E-state index contributed by atoms with van der Waals surface area (Å²) in [6.07, 6.45) is 7.02. The van der Waals surface area contributed by atoms with Gasteiger partial charge in [-0.2, -0.15) is 0 Å². The molecule has 2 aliphatic rings. The van der Waals surface area contributed by atoms with Crippen LogP contribution in [-0.4, -0.2) is 95.2 Å². The number of carbonyl (C=O) groups excluding carboxylic acids is 4. The quantitative estimate of drug-likeness (QED) is 0.326. The van der Waals surface area contributed by atoms with Crippen LogP contribution < -0.4 is 10.6 Å². The first-order valence-corrected chi connectivity index (χ1v) is 16.9. The van der Waals surface area contributed by atoms with Gasteiger partial charge in [-0.1, -0.05) is 67.9 Å². The average molecular weight is 618 g/mol. The number of nitrogens with zero attached hydrogens (tertiary/aromatic N) is 3. The monoisotopic (exact) mass is 617 g/mol. The van der Waals surface area contributed by atoms with E-state index in [0.717, 1.165) is 38.6 Å². The molecule has 0 radical (unpaired) electrons. The molecule has 2 unspecified atom stereocenters. The predicted octanol–water partition coefficient (Wildman–Crippen LogP) is 4.75. The lowest BCUT2D eigenvalue weighted by Crippen LogP contribution is -2.60. The van der Waals surface area contributed by atoms with E-state index >= 15 is 0 Å².